The number of nitrogens with one attached hydrogen (secondary N) is 1. The van der Waals surface area contributed by atoms with Crippen LogP contribution in [0.4, 0.5) is 0 Å². The van der Waals surface area contributed by atoms with Gasteiger partial charge in [-0.25, -0.2) is 4.98 Å². The summed E-state index contributed by atoms with van der Waals surface area (Å²) in [5.41, 5.74) is 7.65. The molecule has 142 valence electrons. The maximum Gasteiger partial charge on any atom is 0.219 e. The van der Waals surface area contributed by atoms with Crippen LogP contribution in [0.1, 0.15) is 44.3 Å². The van der Waals surface area contributed by atoms with Crippen LogP contribution in [-0.4, -0.2) is 28.5 Å². The molecule has 7 heteroatoms. The number of hydrogen-bond acceptors (Lipinski definition) is 3. The first-order valence-corrected chi connectivity index (χ1v) is 8.61. The average molecular weight is 389 g/mol. The number of halogens is 2. The predicted molar refractivity (Wildman–Crippen MR) is 109 cm³/mol. The molecule has 0 fully saturated rings. The van der Waals surface area contributed by atoms with E-state index in [2.05, 4.69) is 20.9 Å². The van der Waals surface area contributed by atoms with E-state index in [0.717, 1.165) is 62.1 Å². The number of carbonyl (C=O) groups is 1. The minimum absolute atomic E-state index is 0. The number of benzene rings is 1. The third kappa shape index (κ3) is 7.63. The van der Waals surface area contributed by atoms with Crippen LogP contribution in [-0.2, 0) is 11.3 Å². The molecular weight excluding hydrogens is 359 g/mol. The molecule has 1 aromatic carbocycles. The van der Waals surface area contributed by atoms with E-state index in [1.165, 1.54) is 0 Å². The SMILES string of the molecule is Cc1nc2ccccc2n1CCCNC(=O)CCCCCCN.Cl.Cl. The Bertz CT molecular complexity index is 631. The van der Waals surface area contributed by atoms with E-state index in [0.29, 0.717) is 13.0 Å². The third-order valence-corrected chi connectivity index (χ3v) is 4.08. The first-order valence-electron chi connectivity index (χ1n) is 8.61. The minimum Gasteiger partial charge on any atom is -0.356 e. The fourth-order valence-electron chi connectivity index (χ4n) is 2.82. The van der Waals surface area contributed by atoms with Crippen molar-refractivity contribution >= 4 is 41.8 Å². The number of carbonyl (C=O) groups excluding carboxylic acids is 1. The molecule has 2 aromatic rings. The van der Waals surface area contributed by atoms with Gasteiger partial charge in [0.05, 0.1) is 11.0 Å². The molecule has 0 aliphatic rings. The van der Waals surface area contributed by atoms with E-state index in [9.17, 15) is 4.79 Å². The molecule has 0 saturated heterocycles. The zero-order valence-corrected chi connectivity index (χ0v) is 16.5. The molecule has 0 saturated carbocycles. The molecule has 0 spiro atoms. The predicted octanol–water partition coefficient (Wildman–Crippen LogP) is 3.60. The van der Waals surface area contributed by atoms with Crippen LogP contribution in [0.3, 0.4) is 0 Å². The van der Waals surface area contributed by atoms with Gasteiger partial charge in [-0.3, -0.25) is 4.79 Å². The molecule has 0 radical (unpaired) electrons. The highest BCUT2D eigenvalue weighted by Crippen LogP contribution is 2.15. The van der Waals surface area contributed by atoms with Crippen molar-refractivity contribution in [3.05, 3.63) is 30.1 Å². The molecule has 0 aliphatic heterocycles. The third-order valence-electron chi connectivity index (χ3n) is 4.08. The van der Waals surface area contributed by atoms with Crippen molar-refractivity contribution in [3.8, 4) is 0 Å². The molecule has 2 rings (SSSR count). The number of unbranched alkanes of at least 4 members (excludes halogenated alkanes) is 3. The normalized spacial score (nSPS) is 10.2. The van der Waals surface area contributed by atoms with Gasteiger partial charge < -0.3 is 15.6 Å². The zero-order chi connectivity index (χ0) is 16.5. The fraction of sp³-hybridized carbons (Fsp3) is 0.556. The topological polar surface area (TPSA) is 72.9 Å². The maximum atomic E-state index is 11.8. The molecule has 0 unspecified atom stereocenters. The first kappa shape index (κ1) is 23.7. The number of aromatic nitrogens is 2. The molecule has 3 N–H and O–H groups in total. The highest BCUT2D eigenvalue weighted by molar-refractivity contribution is 5.85. The van der Waals surface area contributed by atoms with Crippen molar-refractivity contribution in [2.24, 2.45) is 5.73 Å². The second-order valence-corrected chi connectivity index (χ2v) is 5.96. The molecule has 25 heavy (non-hydrogen) atoms. The number of rotatable bonds is 10. The van der Waals surface area contributed by atoms with Crippen LogP contribution >= 0.6 is 24.8 Å². The van der Waals surface area contributed by atoms with Gasteiger partial charge >= 0.3 is 0 Å². The van der Waals surface area contributed by atoms with Gasteiger partial charge in [0, 0.05) is 19.5 Å². The van der Waals surface area contributed by atoms with Gasteiger partial charge in [-0.15, -0.1) is 24.8 Å². The van der Waals surface area contributed by atoms with Crippen molar-refractivity contribution in [1.82, 2.24) is 14.9 Å². The van der Waals surface area contributed by atoms with Gasteiger partial charge in [-0.1, -0.05) is 25.0 Å². The Morgan fingerprint density at radius 2 is 1.84 bits per heavy atom. The molecule has 0 atom stereocenters. The van der Waals surface area contributed by atoms with E-state index in [4.69, 9.17) is 5.73 Å². The summed E-state index contributed by atoms with van der Waals surface area (Å²) in [6, 6.07) is 8.17. The van der Waals surface area contributed by atoms with E-state index in [1.54, 1.807) is 0 Å². The smallest absolute Gasteiger partial charge is 0.219 e. The summed E-state index contributed by atoms with van der Waals surface area (Å²) in [4.78, 5) is 16.3. The fourth-order valence-corrected chi connectivity index (χ4v) is 2.82. The molecule has 1 heterocycles. The van der Waals surface area contributed by atoms with Gasteiger partial charge in [-0.05, 0) is 44.9 Å². The number of nitrogens with two attached hydrogens (primary N) is 1. The van der Waals surface area contributed by atoms with Crippen molar-refractivity contribution < 1.29 is 4.79 Å². The summed E-state index contributed by atoms with van der Waals surface area (Å²) in [6.45, 7) is 4.37. The first-order chi connectivity index (χ1) is 11.2. The Balaban J connectivity index is 0.00000288. The van der Waals surface area contributed by atoms with E-state index >= 15 is 0 Å². The standard InChI is InChI=1S/C18H28N4O.2ClH/c1-15-21-16-9-5-6-10-17(16)22(15)14-8-13-20-18(23)11-4-2-3-7-12-19;;/h5-6,9-10H,2-4,7-8,11-14,19H2,1H3,(H,20,23);2*1H. The van der Waals surface area contributed by atoms with Crippen LogP contribution in [0, 0.1) is 6.92 Å². The summed E-state index contributed by atoms with van der Waals surface area (Å²) in [6.07, 6.45) is 5.76. The maximum absolute atomic E-state index is 11.8. The Morgan fingerprint density at radius 1 is 1.12 bits per heavy atom. The molecular formula is C18H30Cl2N4O. The van der Waals surface area contributed by atoms with Gasteiger partial charge in [0.15, 0.2) is 0 Å². The van der Waals surface area contributed by atoms with Crippen LogP contribution in [0.5, 0.6) is 0 Å². The van der Waals surface area contributed by atoms with E-state index in [-0.39, 0.29) is 30.7 Å². The summed E-state index contributed by atoms with van der Waals surface area (Å²) in [5, 5.41) is 3.01. The van der Waals surface area contributed by atoms with Crippen LogP contribution in [0.2, 0.25) is 0 Å². The number of hydrogen-bond donors (Lipinski definition) is 2. The monoisotopic (exact) mass is 388 g/mol. The highest BCUT2D eigenvalue weighted by Gasteiger charge is 2.06. The lowest BCUT2D eigenvalue weighted by atomic mass is 10.1. The molecule has 1 aromatic heterocycles. The lowest BCUT2D eigenvalue weighted by Crippen LogP contribution is -2.25. The molecule has 5 nitrogen and oxygen atoms in total. The summed E-state index contributed by atoms with van der Waals surface area (Å²) >= 11 is 0. The Labute approximate surface area is 162 Å². The van der Waals surface area contributed by atoms with Gasteiger partial charge in [0.2, 0.25) is 5.91 Å². The number of amides is 1. The van der Waals surface area contributed by atoms with Crippen molar-refractivity contribution in [2.75, 3.05) is 13.1 Å². The summed E-state index contributed by atoms with van der Waals surface area (Å²) in [7, 11) is 0. The quantitative estimate of drug-likeness (QED) is 0.610. The lowest BCUT2D eigenvalue weighted by molar-refractivity contribution is -0.121. The van der Waals surface area contributed by atoms with Gasteiger partial charge in [-0.2, -0.15) is 0 Å². The van der Waals surface area contributed by atoms with Crippen LogP contribution in [0.15, 0.2) is 24.3 Å². The van der Waals surface area contributed by atoms with Crippen molar-refractivity contribution in [3.63, 3.8) is 0 Å². The Hall–Kier alpha value is -1.30. The Morgan fingerprint density at radius 3 is 2.60 bits per heavy atom. The minimum atomic E-state index is 0. The lowest BCUT2D eigenvalue weighted by Gasteiger charge is -2.08. The number of imidazole rings is 1. The molecule has 1 amide bonds. The largest absolute Gasteiger partial charge is 0.356 e. The van der Waals surface area contributed by atoms with Crippen molar-refractivity contribution in [2.45, 2.75) is 52.0 Å². The zero-order valence-electron chi connectivity index (χ0n) is 14.9. The summed E-state index contributed by atoms with van der Waals surface area (Å²) in [5.74, 6) is 1.18. The highest BCUT2D eigenvalue weighted by atomic mass is 35.5. The van der Waals surface area contributed by atoms with E-state index < -0.39 is 0 Å². The molecule has 0 aliphatic carbocycles. The summed E-state index contributed by atoms with van der Waals surface area (Å²) < 4.78 is 2.22. The van der Waals surface area contributed by atoms with E-state index in [1.807, 2.05) is 25.1 Å². The number of fused-ring (bicyclic) bond motifs is 1. The van der Waals surface area contributed by atoms with Crippen molar-refractivity contribution in [1.29, 1.82) is 0 Å². The van der Waals surface area contributed by atoms with Gasteiger partial charge in [0.1, 0.15) is 5.82 Å². The number of para-hydroxylation sites is 2. The number of nitrogens with zero attached hydrogens (tertiary/aromatic N) is 2. The molecule has 0 bridgehead atoms. The van der Waals surface area contributed by atoms with Crippen LogP contribution in [0.25, 0.3) is 11.0 Å². The number of aryl methyl sites for hydroxylation is 2. The second kappa shape index (κ2) is 13.0. The second-order valence-electron chi connectivity index (χ2n) is 5.96. The van der Waals surface area contributed by atoms with Crippen LogP contribution < -0.4 is 11.1 Å². The van der Waals surface area contributed by atoms with Gasteiger partial charge in [0.25, 0.3) is 0 Å². The Kier molecular flexibility index (Phi) is 12.3. The average Bonchev–Trinajstić information content (AvgIpc) is 2.87.